The molecule has 0 atom stereocenters. The van der Waals surface area contributed by atoms with Crippen LogP contribution in [0.25, 0.3) is 21.7 Å². The molecule has 1 aliphatic heterocycles. The zero-order valence-corrected chi connectivity index (χ0v) is 17.9. The number of halogens is 1. The van der Waals surface area contributed by atoms with Crippen molar-refractivity contribution in [3.8, 4) is 0 Å². The van der Waals surface area contributed by atoms with E-state index in [2.05, 4.69) is 4.90 Å². The summed E-state index contributed by atoms with van der Waals surface area (Å²) in [6.45, 7) is 4.37. The lowest BCUT2D eigenvalue weighted by Gasteiger charge is -2.36. The van der Waals surface area contributed by atoms with Crippen LogP contribution < -0.4 is 10.5 Å². The smallest absolute Gasteiger partial charge is 0.349 e. The van der Waals surface area contributed by atoms with Gasteiger partial charge in [-0.2, -0.15) is 0 Å². The molecule has 5 rings (SSSR count). The molecule has 1 fully saturated rings. The van der Waals surface area contributed by atoms with E-state index in [0.717, 1.165) is 32.4 Å². The van der Waals surface area contributed by atoms with Crippen molar-refractivity contribution in [3.63, 3.8) is 0 Å². The number of benzene rings is 3. The SMILES string of the molecule is Cc1ccc(N2CCN(C(=O)c3cc4c(ccc5ccccc54)oc3=O)CC2)cc1Cl. The summed E-state index contributed by atoms with van der Waals surface area (Å²) < 4.78 is 5.50. The Morgan fingerprint density at radius 2 is 1.71 bits per heavy atom. The van der Waals surface area contributed by atoms with Gasteiger partial charge in [0.15, 0.2) is 0 Å². The number of rotatable bonds is 2. The normalized spacial score (nSPS) is 14.4. The zero-order valence-electron chi connectivity index (χ0n) is 17.1. The van der Waals surface area contributed by atoms with Crippen molar-refractivity contribution in [2.75, 3.05) is 31.1 Å². The molecule has 0 N–H and O–H groups in total. The van der Waals surface area contributed by atoms with Gasteiger partial charge in [0, 0.05) is 42.3 Å². The number of hydrogen-bond donors (Lipinski definition) is 0. The van der Waals surface area contributed by atoms with Gasteiger partial charge in [-0.05, 0) is 47.5 Å². The predicted molar refractivity (Wildman–Crippen MR) is 124 cm³/mol. The molecular formula is C25H21ClN2O3. The molecule has 5 nitrogen and oxygen atoms in total. The van der Waals surface area contributed by atoms with E-state index in [1.165, 1.54) is 0 Å². The average Bonchev–Trinajstić information content (AvgIpc) is 2.80. The van der Waals surface area contributed by atoms with Gasteiger partial charge in [-0.25, -0.2) is 4.79 Å². The summed E-state index contributed by atoms with van der Waals surface area (Å²) in [6, 6.07) is 19.2. The number of anilines is 1. The molecule has 1 saturated heterocycles. The molecule has 1 aliphatic rings. The Hall–Kier alpha value is -3.31. The fourth-order valence-electron chi connectivity index (χ4n) is 4.14. The monoisotopic (exact) mass is 432 g/mol. The molecule has 3 aromatic carbocycles. The molecule has 156 valence electrons. The van der Waals surface area contributed by atoms with E-state index in [1.54, 1.807) is 17.0 Å². The van der Waals surface area contributed by atoms with Crippen molar-refractivity contribution >= 4 is 44.9 Å². The van der Waals surface area contributed by atoms with Crippen LogP contribution in [0.3, 0.4) is 0 Å². The van der Waals surface area contributed by atoms with Crippen molar-refractivity contribution in [3.05, 3.63) is 87.2 Å². The number of aryl methyl sites for hydroxylation is 1. The average molecular weight is 433 g/mol. The Morgan fingerprint density at radius 3 is 2.48 bits per heavy atom. The summed E-state index contributed by atoms with van der Waals surface area (Å²) in [5, 5.41) is 3.50. The Labute approximate surface area is 184 Å². The van der Waals surface area contributed by atoms with Crippen LogP contribution in [0.5, 0.6) is 0 Å². The second-order valence-corrected chi connectivity index (χ2v) is 8.27. The largest absolute Gasteiger partial charge is 0.422 e. The van der Waals surface area contributed by atoms with Crippen LogP contribution in [-0.2, 0) is 0 Å². The molecule has 0 spiro atoms. The van der Waals surface area contributed by atoms with Crippen molar-refractivity contribution in [1.29, 1.82) is 0 Å². The molecule has 4 aromatic rings. The summed E-state index contributed by atoms with van der Waals surface area (Å²) in [4.78, 5) is 29.7. The number of carbonyl (C=O) groups excluding carboxylic acids is 1. The van der Waals surface area contributed by atoms with Crippen molar-refractivity contribution in [2.45, 2.75) is 6.92 Å². The minimum atomic E-state index is -0.597. The van der Waals surface area contributed by atoms with E-state index in [0.29, 0.717) is 31.8 Å². The Balaban J connectivity index is 1.41. The Kier molecular flexibility index (Phi) is 4.91. The molecule has 2 heterocycles. The van der Waals surface area contributed by atoms with E-state index >= 15 is 0 Å². The van der Waals surface area contributed by atoms with Crippen LogP contribution >= 0.6 is 11.6 Å². The third kappa shape index (κ3) is 3.55. The molecule has 0 saturated carbocycles. The van der Waals surface area contributed by atoms with Crippen LogP contribution in [0.15, 0.2) is 69.9 Å². The highest BCUT2D eigenvalue weighted by atomic mass is 35.5. The number of nitrogens with zero attached hydrogens (tertiary/aromatic N) is 2. The Morgan fingerprint density at radius 1 is 0.935 bits per heavy atom. The second kappa shape index (κ2) is 7.75. The lowest BCUT2D eigenvalue weighted by atomic mass is 10.0. The number of piperazine rings is 1. The molecule has 1 amide bonds. The van der Waals surface area contributed by atoms with Crippen molar-refractivity contribution in [1.82, 2.24) is 4.90 Å². The van der Waals surface area contributed by atoms with E-state index in [1.807, 2.05) is 55.5 Å². The molecule has 0 unspecified atom stereocenters. The molecule has 0 aliphatic carbocycles. The third-order valence-electron chi connectivity index (χ3n) is 5.96. The maximum absolute atomic E-state index is 13.2. The van der Waals surface area contributed by atoms with Gasteiger partial charge in [0.2, 0.25) is 0 Å². The van der Waals surface area contributed by atoms with Crippen molar-refractivity contribution < 1.29 is 9.21 Å². The van der Waals surface area contributed by atoms with Crippen LogP contribution in [0, 0.1) is 6.92 Å². The van der Waals surface area contributed by atoms with Crippen LogP contribution in [-0.4, -0.2) is 37.0 Å². The zero-order chi connectivity index (χ0) is 21.5. The third-order valence-corrected chi connectivity index (χ3v) is 6.37. The number of hydrogen-bond acceptors (Lipinski definition) is 4. The molecular weight excluding hydrogens is 412 g/mol. The van der Waals surface area contributed by atoms with Crippen LogP contribution in [0.4, 0.5) is 5.69 Å². The predicted octanol–water partition coefficient (Wildman–Crippen LogP) is 4.87. The fourth-order valence-corrected chi connectivity index (χ4v) is 4.31. The van der Waals surface area contributed by atoms with Gasteiger partial charge in [-0.1, -0.05) is 48.0 Å². The van der Waals surface area contributed by atoms with Gasteiger partial charge in [0.05, 0.1) is 0 Å². The topological polar surface area (TPSA) is 53.8 Å². The van der Waals surface area contributed by atoms with E-state index in [9.17, 15) is 9.59 Å². The molecule has 0 radical (unpaired) electrons. The fraction of sp³-hybridized carbons (Fsp3) is 0.200. The first-order chi connectivity index (χ1) is 15.0. The lowest BCUT2D eigenvalue weighted by molar-refractivity contribution is 0.0742. The maximum atomic E-state index is 13.2. The van der Waals surface area contributed by atoms with Crippen LogP contribution in [0.1, 0.15) is 15.9 Å². The van der Waals surface area contributed by atoms with Gasteiger partial charge in [-0.3, -0.25) is 4.79 Å². The quantitative estimate of drug-likeness (QED) is 0.335. The number of amides is 1. The van der Waals surface area contributed by atoms with E-state index in [-0.39, 0.29) is 11.5 Å². The standard InChI is InChI=1S/C25H21ClN2O3/c1-16-6-8-18(14-22(16)26)27-10-12-28(13-11-27)24(29)21-15-20-19-5-3-2-4-17(19)7-9-23(20)31-25(21)30/h2-9,14-15H,10-13H2,1H3. The summed E-state index contributed by atoms with van der Waals surface area (Å²) in [7, 11) is 0. The first kappa shape index (κ1) is 19.6. The van der Waals surface area contributed by atoms with Crippen molar-refractivity contribution in [2.24, 2.45) is 0 Å². The van der Waals surface area contributed by atoms with Crippen LogP contribution in [0.2, 0.25) is 5.02 Å². The summed E-state index contributed by atoms with van der Waals surface area (Å²) in [5.41, 5.74) is 2.05. The number of carbonyl (C=O) groups is 1. The van der Waals surface area contributed by atoms with Gasteiger partial charge < -0.3 is 14.2 Å². The van der Waals surface area contributed by atoms with E-state index < -0.39 is 5.63 Å². The van der Waals surface area contributed by atoms with Gasteiger partial charge in [0.25, 0.3) is 5.91 Å². The maximum Gasteiger partial charge on any atom is 0.349 e. The summed E-state index contributed by atoms with van der Waals surface area (Å²) in [6.07, 6.45) is 0. The number of fused-ring (bicyclic) bond motifs is 3. The highest BCUT2D eigenvalue weighted by Crippen LogP contribution is 2.26. The summed E-state index contributed by atoms with van der Waals surface area (Å²) in [5.74, 6) is -0.287. The first-order valence-corrected chi connectivity index (χ1v) is 10.6. The first-order valence-electron chi connectivity index (χ1n) is 10.3. The van der Waals surface area contributed by atoms with Gasteiger partial charge in [0.1, 0.15) is 11.1 Å². The molecule has 0 bridgehead atoms. The lowest BCUT2D eigenvalue weighted by Crippen LogP contribution is -2.49. The summed E-state index contributed by atoms with van der Waals surface area (Å²) >= 11 is 6.26. The van der Waals surface area contributed by atoms with E-state index in [4.69, 9.17) is 16.0 Å². The molecule has 6 heteroatoms. The molecule has 31 heavy (non-hydrogen) atoms. The highest BCUT2D eigenvalue weighted by Gasteiger charge is 2.25. The second-order valence-electron chi connectivity index (χ2n) is 7.86. The van der Waals surface area contributed by atoms with Gasteiger partial charge in [-0.15, -0.1) is 0 Å². The van der Waals surface area contributed by atoms with Gasteiger partial charge >= 0.3 is 5.63 Å². The minimum absolute atomic E-state index is 0.0793. The Bertz CT molecular complexity index is 1370. The highest BCUT2D eigenvalue weighted by molar-refractivity contribution is 6.31. The minimum Gasteiger partial charge on any atom is -0.422 e. The molecule has 1 aromatic heterocycles.